The van der Waals surface area contributed by atoms with Crippen LogP contribution in [0.1, 0.15) is 13.8 Å². The molecule has 0 unspecified atom stereocenters. The van der Waals surface area contributed by atoms with E-state index < -0.39 is 0 Å². The number of carbonyl (C=O) groups excluding carboxylic acids is 2. The van der Waals surface area contributed by atoms with E-state index >= 15 is 0 Å². The Balaban J connectivity index is 2.18. The van der Waals surface area contributed by atoms with Gasteiger partial charge in [-0.15, -0.1) is 0 Å². The maximum Gasteiger partial charge on any atom is 0.315 e. The van der Waals surface area contributed by atoms with Crippen LogP contribution in [-0.2, 0) is 4.79 Å². The molecule has 0 aromatic rings. The van der Waals surface area contributed by atoms with E-state index in [1.807, 2.05) is 20.9 Å². The molecular formula is C12H24N4O2. The molecule has 0 aromatic heterocycles. The van der Waals surface area contributed by atoms with Crippen molar-refractivity contribution in [3.63, 3.8) is 0 Å². The summed E-state index contributed by atoms with van der Waals surface area (Å²) in [5, 5.41) is 5.31. The molecule has 0 aliphatic carbocycles. The SMILES string of the molecule is CC(C)CNC(=O)NCC(=O)N1CCN(C)CC1. The number of amides is 3. The molecule has 1 aliphatic heterocycles. The molecule has 6 nitrogen and oxygen atoms in total. The Hall–Kier alpha value is -1.30. The van der Waals surface area contributed by atoms with Gasteiger partial charge in [0.1, 0.15) is 0 Å². The number of hydrogen-bond acceptors (Lipinski definition) is 3. The van der Waals surface area contributed by atoms with Crippen LogP contribution in [0.4, 0.5) is 4.79 Å². The molecule has 1 rings (SSSR count). The van der Waals surface area contributed by atoms with Crippen LogP contribution in [0.5, 0.6) is 0 Å². The van der Waals surface area contributed by atoms with E-state index in [-0.39, 0.29) is 18.5 Å². The van der Waals surface area contributed by atoms with Crippen molar-refractivity contribution in [1.82, 2.24) is 20.4 Å². The molecule has 0 spiro atoms. The molecule has 1 heterocycles. The summed E-state index contributed by atoms with van der Waals surface area (Å²) in [5.41, 5.74) is 0. The zero-order valence-corrected chi connectivity index (χ0v) is 11.5. The lowest BCUT2D eigenvalue weighted by molar-refractivity contribution is -0.131. The number of urea groups is 1. The van der Waals surface area contributed by atoms with Gasteiger partial charge in [0.25, 0.3) is 0 Å². The summed E-state index contributed by atoms with van der Waals surface area (Å²) >= 11 is 0. The minimum Gasteiger partial charge on any atom is -0.339 e. The highest BCUT2D eigenvalue weighted by atomic mass is 16.2. The molecule has 6 heteroatoms. The zero-order valence-electron chi connectivity index (χ0n) is 11.5. The summed E-state index contributed by atoms with van der Waals surface area (Å²) in [5.74, 6) is 0.395. The smallest absolute Gasteiger partial charge is 0.315 e. The van der Waals surface area contributed by atoms with Gasteiger partial charge in [-0.2, -0.15) is 0 Å². The molecule has 0 aromatic carbocycles. The van der Waals surface area contributed by atoms with Gasteiger partial charge in [0.2, 0.25) is 5.91 Å². The van der Waals surface area contributed by atoms with E-state index in [1.165, 1.54) is 0 Å². The molecule has 104 valence electrons. The van der Waals surface area contributed by atoms with Crippen molar-refractivity contribution in [2.24, 2.45) is 5.92 Å². The summed E-state index contributed by atoms with van der Waals surface area (Å²) in [6, 6.07) is -0.272. The van der Waals surface area contributed by atoms with E-state index in [1.54, 1.807) is 4.90 Å². The van der Waals surface area contributed by atoms with E-state index in [0.717, 1.165) is 26.2 Å². The van der Waals surface area contributed by atoms with Crippen molar-refractivity contribution in [1.29, 1.82) is 0 Å². The monoisotopic (exact) mass is 256 g/mol. The summed E-state index contributed by atoms with van der Waals surface area (Å²) in [7, 11) is 2.04. The Bertz CT molecular complexity index is 286. The predicted octanol–water partition coefficient (Wildman–Crippen LogP) is -0.284. The molecule has 0 bridgehead atoms. The highest BCUT2D eigenvalue weighted by molar-refractivity contribution is 5.84. The third kappa shape index (κ3) is 5.35. The Kier molecular flexibility index (Phi) is 5.91. The molecule has 1 saturated heterocycles. The molecule has 1 fully saturated rings. The van der Waals surface area contributed by atoms with Crippen LogP contribution in [0.15, 0.2) is 0 Å². The number of carbonyl (C=O) groups is 2. The first kappa shape index (κ1) is 14.8. The minimum atomic E-state index is -0.272. The van der Waals surface area contributed by atoms with Gasteiger partial charge in [-0.05, 0) is 13.0 Å². The van der Waals surface area contributed by atoms with Gasteiger partial charge in [0.15, 0.2) is 0 Å². The lowest BCUT2D eigenvalue weighted by Crippen LogP contribution is -2.51. The lowest BCUT2D eigenvalue weighted by atomic mass is 10.2. The maximum absolute atomic E-state index is 11.8. The van der Waals surface area contributed by atoms with Crippen molar-refractivity contribution in [2.45, 2.75) is 13.8 Å². The third-order valence-corrected chi connectivity index (χ3v) is 2.93. The van der Waals surface area contributed by atoms with Gasteiger partial charge in [0.05, 0.1) is 6.54 Å². The highest BCUT2D eigenvalue weighted by Gasteiger charge is 2.18. The fraction of sp³-hybridized carbons (Fsp3) is 0.833. The average Bonchev–Trinajstić information content (AvgIpc) is 2.34. The zero-order chi connectivity index (χ0) is 13.5. The molecule has 2 N–H and O–H groups in total. The summed E-state index contributed by atoms with van der Waals surface area (Å²) in [6.07, 6.45) is 0. The molecule has 3 amide bonds. The predicted molar refractivity (Wildman–Crippen MR) is 70.3 cm³/mol. The fourth-order valence-electron chi connectivity index (χ4n) is 1.68. The van der Waals surface area contributed by atoms with E-state index in [2.05, 4.69) is 15.5 Å². The number of hydrogen-bond donors (Lipinski definition) is 2. The van der Waals surface area contributed by atoms with Gasteiger partial charge in [-0.1, -0.05) is 13.8 Å². The van der Waals surface area contributed by atoms with E-state index in [9.17, 15) is 9.59 Å². The largest absolute Gasteiger partial charge is 0.339 e. The van der Waals surface area contributed by atoms with Crippen molar-refractivity contribution >= 4 is 11.9 Å². The topological polar surface area (TPSA) is 64.7 Å². The summed E-state index contributed by atoms with van der Waals surface area (Å²) < 4.78 is 0. The molecule has 0 atom stereocenters. The van der Waals surface area contributed by atoms with Crippen molar-refractivity contribution in [3.05, 3.63) is 0 Å². The first-order chi connectivity index (χ1) is 8.49. The van der Waals surface area contributed by atoms with E-state index in [0.29, 0.717) is 12.5 Å². The minimum absolute atomic E-state index is 0.0113. The Morgan fingerprint density at radius 3 is 2.28 bits per heavy atom. The van der Waals surface area contributed by atoms with Gasteiger partial charge in [-0.25, -0.2) is 4.79 Å². The van der Waals surface area contributed by atoms with Gasteiger partial charge < -0.3 is 20.4 Å². The first-order valence-electron chi connectivity index (χ1n) is 6.47. The number of rotatable bonds is 4. The molecule has 1 aliphatic rings. The Labute approximate surface area is 109 Å². The number of nitrogens with zero attached hydrogens (tertiary/aromatic N) is 2. The van der Waals surface area contributed by atoms with Gasteiger partial charge >= 0.3 is 6.03 Å². The van der Waals surface area contributed by atoms with Crippen molar-refractivity contribution in [3.8, 4) is 0 Å². The molecule has 0 saturated carbocycles. The first-order valence-corrected chi connectivity index (χ1v) is 6.47. The highest BCUT2D eigenvalue weighted by Crippen LogP contribution is 1.98. The standard InChI is InChI=1S/C12H24N4O2/c1-10(2)8-13-12(18)14-9-11(17)16-6-4-15(3)5-7-16/h10H,4-9H2,1-3H3,(H2,13,14,18). The van der Waals surface area contributed by atoms with Crippen LogP contribution in [0.25, 0.3) is 0 Å². The van der Waals surface area contributed by atoms with Crippen LogP contribution in [-0.4, -0.2) is 68.1 Å². The van der Waals surface area contributed by atoms with Gasteiger partial charge in [0, 0.05) is 32.7 Å². The quantitative estimate of drug-likeness (QED) is 0.727. The van der Waals surface area contributed by atoms with Crippen LogP contribution in [0, 0.1) is 5.92 Å². The second kappa shape index (κ2) is 7.20. The van der Waals surface area contributed by atoms with Crippen molar-refractivity contribution in [2.75, 3.05) is 46.3 Å². The summed E-state index contributed by atoms with van der Waals surface area (Å²) in [4.78, 5) is 27.2. The van der Waals surface area contributed by atoms with Gasteiger partial charge in [-0.3, -0.25) is 4.79 Å². The van der Waals surface area contributed by atoms with Crippen molar-refractivity contribution < 1.29 is 9.59 Å². The van der Waals surface area contributed by atoms with Crippen LogP contribution >= 0.6 is 0 Å². The fourth-order valence-corrected chi connectivity index (χ4v) is 1.68. The number of likely N-dealkylation sites (N-methyl/N-ethyl adjacent to an activating group) is 1. The van der Waals surface area contributed by atoms with Crippen LogP contribution in [0.2, 0.25) is 0 Å². The third-order valence-electron chi connectivity index (χ3n) is 2.93. The molecular weight excluding hydrogens is 232 g/mol. The second-order valence-electron chi connectivity index (χ2n) is 5.14. The average molecular weight is 256 g/mol. The van der Waals surface area contributed by atoms with Crippen LogP contribution < -0.4 is 10.6 Å². The van der Waals surface area contributed by atoms with E-state index in [4.69, 9.17) is 0 Å². The molecule has 18 heavy (non-hydrogen) atoms. The maximum atomic E-state index is 11.8. The second-order valence-corrected chi connectivity index (χ2v) is 5.14. The Morgan fingerprint density at radius 1 is 1.11 bits per heavy atom. The Morgan fingerprint density at radius 2 is 1.72 bits per heavy atom. The summed E-state index contributed by atoms with van der Waals surface area (Å²) in [6.45, 7) is 8.01. The number of piperazine rings is 1. The lowest BCUT2D eigenvalue weighted by Gasteiger charge is -2.32. The van der Waals surface area contributed by atoms with Crippen LogP contribution in [0.3, 0.4) is 0 Å². The molecule has 0 radical (unpaired) electrons. The normalized spacial score (nSPS) is 16.8. The number of nitrogens with one attached hydrogen (secondary N) is 2.